The normalized spacial score (nSPS) is 13.9. The molecule has 100 valence electrons. The van der Waals surface area contributed by atoms with Gasteiger partial charge in [0.2, 0.25) is 0 Å². The van der Waals surface area contributed by atoms with Crippen molar-refractivity contribution in [1.82, 2.24) is 0 Å². The van der Waals surface area contributed by atoms with Crippen LogP contribution in [0.3, 0.4) is 0 Å². The monoisotopic (exact) mass is 259 g/mol. The van der Waals surface area contributed by atoms with Gasteiger partial charge in [0, 0.05) is 5.56 Å². The molecule has 0 radical (unpaired) electrons. The maximum atomic E-state index is 13.5. The molecular weight excluding hydrogens is 241 g/mol. The Hall–Kier alpha value is -1.87. The van der Waals surface area contributed by atoms with Crippen LogP contribution in [0, 0.1) is 12.7 Å². The topological polar surface area (TPSA) is 35.2 Å². The molecule has 0 spiro atoms. The fourth-order valence-electron chi connectivity index (χ4n) is 2.21. The molecule has 0 bridgehead atoms. The van der Waals surface area contributed by atoms with Crippen LogP contribution in [-0.4, -0.2) is 7.11 Å². The van der Waals surface area contributed by atoms with E-state index >= 15 is 0 Å². The molecule has 2 aromatic carbocycles. The van der Waals surface area contributed by atoms with E-state index in [2.05, 4.69) is 0 Å². The molecule has 1 atom stereocenters. The summed E-state index contributed by atoms with van der Waals surface area (Å²) in [6, 6.07) is 12.3. The van der Waals surface area contributed by atoms with Gasteiger partial charge >= 0.3 is 0 Å². The highest BCUT2D eigenvalue weighted by atomic mass is 19.1. The van der Waals surface area contributed by atoms with Gasteiger partial charge < -0.3 is 10.5 Å². The van der Waals surface area contributed by atoms with E-state index in [0.717, 1.165) is 11.1 Å². The number of hydrogen-bond donors (Lipinski definition) is 1. The molecule has 0 saturated carbocycles. The quantitative estimate of drug-likeness (QED) is 0.917. The summed E-state index contributed by atoms with van der Waals surface area (Å²) in [6.07, 6.45) is 0. The molecule has 0 aliphatic rings. The van der Waals surface area contributed by atoms with Gasteiger partial charge in [0.25, 0.3) is 0 Å². The van der Waals surface area contributed by atoms with Crippen molar-refractivity contribution in [2.24, 2.45) is 5.73 Å². The standard InChI is InChI=1S/C16H18FNO/c1-11-5-4-6-12(9-11)16(2,18)14-10-13(17)7-8-15(14)19-3/h4-10H,18H2,1-3H3. The predicted molar refractivity (Wildman–Crippen MR) is 74.8 cm³/mol. The van der Waals surface area contributed by atoms with Gasteiger partial charge in [-0.2, -0.15) is 0 Å². The van der Waals surface area contributed by atoms with Crippen LogP contribution in [0.1, 0.15) is 23.6 Å². The Morgan fingerprint density at radius 3 is 2.53 bits per heavy atom. The Morgan fingerprint density at radius 1 is 1.16 bits per heavy atom. The first-order chi connectivity index (χ1) is 8.95. The van der Waals surface area contributed by atoms with E-state index in [0.29, 0.717) is 11.3 Å². The van der Waals surface area contributed by atoms with E-state index in [4.69, 9.17) is 10.5 Å². The Labute approximate surface area is 113 Å². The fraction of sp³-hybridized carbons (Fsp3) is 0.250. The number of halogens is 1. The Balaban J connectivity index is 2.58. The lowest BCUT2D eigenvalue weighted by molar-refractivity contribution is 0.397. The zero-order valence-corrected chi connectivity index (χ0v) is 11.4. The van der Waals surface area contributed by atoms with Crippen LogP contribution in [0.4, 0.5) is 4.39 Å². The van der Waals surface area contributed by atoms with Crippen LogP contribution in [-0.2, 0) is 5.54 Å². The number of hydrogen-bond acceptors (Lipinski definition) is 2. The minimum atomic E-state index is -0.806. The minimum Gasteiger partial charge on any atom is -0.496 e. The summed E-state index contributed by atoms with van der Waals surface area (Å²) < 4.78 is 18.8. The lowest BCUT2D eigenvalue weighted by atomic mass is 9.84. The van der Waals surface area contributed by atoms with E-state index in [1.807, 2.05) is 38.1 Å². The number of methoxy groups -OCH3 is 1. The van der Waals surface area contributed by atoms with Gasteiger partial charge in [-0.3, -0.25) is 0 Å². The van der Waals surface area contributed by atoms with E-state index in [1.165, 1.54) is 12.1 Å². The first-order valence-electron chi connectivity index (χ1n) is 6.15. The average molecular weight is 259 g/mol. The lowest BCUT2D eigenvalue weighted by Gasteiger charge is -2.28. The lowest BCUT2D eigenvalue weighted by Crippen LogP contribution is -2.35. The molecular formula is C16H18FNO. The fourth-order valence-corrected chi connectivity index (χ4v) is 2.21. The van der Waals surface area contributed by atoms with Gasteiger partial charge in [0.1, 0.15) is 11.6 Å². The first-order valence-corrected chi connectivity index (χ1v) is 6.15. The van der Waals surface area contributed by atoms with Gasteiger partial charge in [-0.25, -0.2) is 4.39 Å². The Bertz CT molecular complexity index is 593. The number of benzene rings is 2. The molecule has 2 aromatic rings. The third-order valence-corrected chi connectivity index (χ3v) is 3.34. The molecule has 0 heterocycles. The van der Waals surface area contributed by atoms with Gasteiger partial charge in [0.15, 0.2) is 0 Å². The predicted octanol–water partition coefficient (Wildman–Crippen LogP) is 3.36. The molecule has 0 amide bonds. The second-order valence-electron chi connectivity index (χ2n) is 4.92. The highest BCUT2D eigenvalue weighted by molar-refractivity contribution is 5.46. The van der Waals surface area contributed by atoms with Crippen LogP contribution in [0.15, 0.2) is 42.5 Å². The summed E-state index contributed by atoms with van der Waals surface area (Å²) >= 11 is 0. The van der Waals surface area contributed by atoms with E-state index < -0.39 is 5.54 Å². The second-order valence-corrected chi connectivity index (χ2v) is 4.92. The number of rotatable bonds is 3. The van der Waals surface area contributed by atoms with Crippen LogP contribution < -0.4 is 10.5 Å². The van der Waals surface area contributed by atoms with Crippen molar-refractivity contribution in [2.75, 3.05) is 7.11 Å². The molecule has 2 nitrogen and oxygen atoms in total. The summed E-state index contributed by atoms with van der Waals surface area (Å²) in [5.74, 6) is 0.271. The number of ether oxygens (including phenoxy) is 1. The highest BCUT2D eigenvalue weighted by Gasteiger charge is 2.27. The summed E-state index contributed by atoms with van der Waals surface area (Å²) in [4.78, 5) is 0. The SMILES string of the molecule is COc1ccc(F)cc1C(C)(N)c1cccc(C)c1. The number of aryl methyl sites for hydroxylation is 1. The molecule has 0 aromatic heterocycles. The molecule has 0 fully saturated rings. The van der Waals surface area contributed by atoms with Crippen molar-refractivity contribution in [1.29, 1.82) is 0 Å². The molecule has 19 heavy (non-hydrogen) atoms. The maximum absolute atomic E-state index is 13.5. The minimum absolute atomic E-state index is 0.319. The summed E-state index contributed by atoms with van der Waals surface area (Å²) in [5, 5.41) is 0. The van der Waals surface area contributed by atoms with Gasteiger partial charge in [-0.1, -0.05) is 29.8 Å². The van der Waals surface area contributed by atoms with Crippen molar-refractivity contribution < 1.29 is 9.13 Å². The van der Waals surface area contributed by atoms with Gasteiger partial charge in [-0.05, 0) is 37.6 Å². The maximum Gasteiger partial charge on any atom is 0.124 e. The van der Waals surface area contributed by atoms with E-state index in [1.54, 1.807) is 13.2 Å². The van der Waals surface area contributed by atoms with Crippen LogP contribution in [0.5, 0.6) is 5.75 Å². The summed E-state index contributed by atoms with van der Waals surface area (Å²) in [6.45, 7) is 3.86. The zero-order chi connectivity index (χ0) is 14.0. The Kier molecular flexibility index (Phi) is 3.58. The molecule has 0 saturated heterocycles. The molecule has 0 aliphatic carbocycles. The second kappa shape index (κ2) is 5.02. The van der Waals surface area contributed by atoms with Crippen LogP contribution in [0.25, 0.3) is 0 Å². The molecule has 3 heteroatoms. The number of nitrogens with two attached hydrogens (primary N) is 1. The summed E-state index contributed by atoms with van der Waals surface area (Å²) in [7, 11) is 1.56. The van der Waals surface area contributed by atoms with Crippen molar-refractivity contribution in [3.05, 3.63) is 65.0 Å². The molecule has 2 N–H and O–H groups in total. The van der Waals surface area contributed by atoms with E-state index in [-0.39, 0.29) is 5.82 Å². The van der Waals surface area contributed by atoms with Gasteiger partial charge in [0.05, 0.1) is 12.6 Å². The van der Waals surface area contributed by atoms with Crippen molar-refractivity contribution in [2.45, 2.75) is 19.4 Å². The smallest absolute Gasteiger partial charge is 0.124 e. The molecule has 2 rings (SSSR count). The van der Waals surface area contributed by atoms with Crippen molar-refractivity contribution in [3.8, 4) is 5.75 Å². The molecule has 0 aliphatic heterocycles. The van der Waals surface area contributed by atoms with Crippen molar-refractivity contribution >= 4 is 0 Å². The van der Waals surface area contributed by atoms with E-state index in [9.17, 15) is 4.39 Å². The largest absolute Gasteiger partial charge is 0.496 e. The third-order valence-electron chi connectivity index (χ3n) is 3.34. The first kappa shape index (κ1) is 13.6. The van der Waals surface area contributed by atoms with Crippen molar-refractivity contribution in [3.63, 3.8) is 0 Å². The summed E-state index contributed by atoms with van der Waals surface area (Å²) in [5.41, 5.74) is 8.30. The molecule has 1 unspecified atom stereocenters. The van der Waals surface area contributed by atoms with Gasteiger partial charge in [-0.15, -0.1) is 0 Å². The highest BCUT2D eigenvalue weighted by Crippen LogP contribution is 2.34. The average Bonchev–Trinajstić information content (AvgIpc) is 2.38. The Morgan fingerprint density at radius 2 is 1.89 bits per heavy atom. The van der Waals surface area contributed by atoms with Crippen LogP contribution in [0.2, 0.25) is 0 Å². The third kappa shape index (κ3) is 2.61. The van der Waals surface area contributed by atoms with Crippen LogP contribution >= 0.6 is 0 Å². The zero-order valence-electron chi connectivity index (χ0n) is 11.4.